The van der Waals surface area contributed by atoms with Crippen LogP contribution < -0.4 is 4.90 Å². The Hall–Kier alpha value is -3.25. The molecule has 5 rings (SSSR count). The van der Waals surface area contributed by atoms with E-state index in [1.807, 2.05) is 59.5 Å². The van der Waals surface area contributed by atoms with Crippen molar-refractivity contribution in [1.82, 2.24) is 4.90 Å². The smallest absolute Gasteiger partial charge is 0.235 e. The molecule has 0 aromatic heterocycles. The van der Waals surface area contributed by atoms with E-state index in [2.05, 4.69) is 0 Å². The van der Waals surface area contributed by atoms with E-state index in [-0.39, 0.29) is 23.6 Å². The highest BCUT2D eigenvalue weighted by Crippen LogP contribution is 2.48. The lowest BCUT2D eigenvalue weighted by Gasteiger charge is -2.36. The van der Waals surface area contributed by atoms with E-state index in [9.17, 15) is 14.4 Å². The number of likely N-dealkylation sites (tertiary alicyclic amines) is 1. The lowest BCUT2D eigenvalue weighted by atomic mass is 9.86. The van der Waals surface area contributed by atoms with Crippen LogP contribution in [0.4, 0.5) is 5.69 Å². The zero-order valence-corrected chi connectivity index (χ0v) is 17.3. The normalized spacial score (nSPS) is 26.1. The summed E-state index contributed by atoms with van der Waals surface area (Å²) in [5, 5.41) is 0. The predicted molar refractivity (Wildman–Crippen MR) is 116 cm³/mol. The number of Topliss-reactive ketones (excluding diaryl/α,β-unsaturated/α-hetero) is 1. The molecule has 6 heteroatoms. The van der Waals surface area contributed by atoms with Gasteiger partial charge in [0.2, 0.25) is 11.8 Å². The number of amides is 2. The van der Waals surface area contributed by atoms with Crippen molar-refractivity contribution in [2.45, 2.75) is 18.5 Å². The number of carbonyl (C=O) groups is 3. The molecular formula is C25H24N2O4. The second-order valence-corrected chi connectivity index (χ2v) is 8.22. The largest absolute Gasteiger partial charge is 0.385 e. The van der Waals surface area contributed by atoms with Gasteiger partial charge in [0, 0.05) is 31.5 Å². The molecule has 0 saturated carbocycles. The van der Waals surface area contributed by atoms with Gasteiger partial charge < -0.3 is 9.64 Å². The fourth-order valence-electron chi connectivity index (χ4n) is 5.24. The third-order valence-electron chi connectivity index (χ3n) is 6.56. The van der Waals surface area contributed by atoms with Gasteiger partial charge in [-0.25, -0.2) is 0 Å². The summed E-state index contributed by atoms with van der Waals surface area (Å²) in [5.41, 5.74) is 2.43. The van der Waals surface area contributed by atoms with Gasteiger partial charge in [-0.05, 0) is 18.1 Å². The van der Waals surface area contributed by atoms with Crippen LogP contribution in [-0.4, -0.2) is 54.8 Å². The zero-order chi connectivity index (χ0) is 21.5. The van der Waals surface area contributed by atoms with Crippen LogP contribution in [0.5, 0.6) is 0 Å². The number of ketones is 1. The Kier molecular flexibility index (Phi) is 4.94. The van der Waals surface area contributed by atoms with Gasteiger partial charge in [0.1, 0.15) is 6.04 Å². The van der Waals surface area contributed by atoms with E-state index < -0.39 is 17.9 Å². The molecule has 4 atom stereocenters. The number of hydrogen-bond donors (Lipinski definition) is 0. The molecule has 0 unspecified atom stereocenters. The molecule has 3 aliphatic rings. The number of carbonyl (C=O) groups excluding carboxylic acids is 3. The second kappa shape index (κ2) is 7.78. The SMILES string of the molecule is COCCCN1C(=O)[C@@H]2[C@@H](C1=O)[C@@H]1C=Cc3ccccc3N1[C@@H]2C(=O)c1ccccc1. The van der Waals surface area contributed by atoms with Crippen LogP contribution in [0.1, 0.15) is 22.3 Å². The van der Waals surface area contributed by atoms with Crippen LogP contribution in [0.25, 0.3) is 6.08 Å². The van der Waals surface area contributed by atoms with Gasteiger partial charge in [0.15, 0.2) is 5.78 Å². The molecule has 3 aliphatic heterocycles. The van der Waals surface area contributed by atoms with Crippen molar-refractivity contribution < 1.29 is 19.1 Å². The minimum absolute atomic E-state index is 0.122. The average molecular weight is 416 g/mol. The number of methoxy groups -OCH3 is 1. The summed E-state index contributed by atoms with van der Waals surface area (Å²) >= 11 is 0. The summed E-state index contributed by atoms with van der Waals surface area (Å²) in [6.45, 7) is 0.791. The maximum atomic E-state index is 13.7. The molecule has 6 nitrogen and oxygen atoms in total. The fraction of sp³-hybridized carbons (Fsp3) is 0.320. The summed E-state index contributed by atoms with van der Waals surface area (Å²) in [7, 11) is 1.60. The summed E-state index contributed by atoms with van der Waals surface area (Å²) in [5.74, 6) is -1.81. The molecule has 158 valence electrons. The molecule has 31 heavy (non-hydrogen) atoms. The Balaban J connectivity index is 1.58. The number of anilines is 1. The van der Waals surface area contributed by atoms with Gasteiger partial charge in [-0.15, -0.1) is 0 Å². The fourth-order valence-corrected chi connectivity index (χ4v) is 5.24. The van der Waals surface area contributed by atoms with Crippen molar-refractivity contribution in [2.75, 3.05) is 25.2 Å². The molecule has 3 heterocycles. The number of hydrogen-bond acceptors (Lipinski definition) is 5. The maximum Gasteiger partial charge on any atom is 0.235 e. The highest BCUT2D eigenvalue weighted by molar-refractivity contribution is 6.14. The van der Waals surface area contributed by atoms with Crippen LogP contribution in [0.15, 0.2) is 60.7 Å². The molecule has 0 bridgehead atoms. The number of rotatable bonds is 6. The molecule has 0 N–H and O–H groups in total. The van der Waals surface area contributed by atoms with Crippen LogP contribution >= 0.6 is 0 Å². The Bertz CT molecular complexity index is 1060. The highest BCUT2D eigenvalue weighted by Gasteiger charge is 2.63. The van der Waals surface area contributed by atoms with Gasteiger partial charge in [-0.3, -0.25) is 19.3 Å². The maximum absolute atomic E-state index is 13.7. The van der Waals surface area contributed by atoms with E-state index in [4.69, 9.17) is 4.74 Å². The van der Waals surface area contributed by atoms with E-state index in [0.717, 1.165) is 11.3 Å². The minimum Gasteiger partial charge on any atom is -0.385 e. The monoisotopic (exact) mass is 416 g/mol. The molecular weight excluding hydrogens is 392 g/mol. The first kappa shape index (κ1) is 19.7. The van der Waals surface area contributed by atoms with Crippen molar-refractivity contribution in [2.24, 2.45) is 11.8 Å². The van der Waals surface area contributed by atoms with Crippen LogP contribution in [0, 0.1) is 11.8 Å². The van der Waals surface area contributed by atoms with Crippen LogP contribution in [-0.2, 0) is 14.3 Å². The van der Waals surface area contributed by atoms with Crippen molar-refractivity contribution >= 4 is 29.4 Å². The molecule has 0 spiro atoms. The molecule has 0 aliphatic carbocycles. The molecule has 2 amide bonds. The highest BCUT2D eigenvalue weighted by atomic mass is 16.5. The van der Waals surface area contributed by atoms with E-state index in [1.54, 1.807) is 19.2 Å². The number of fused-ring (bicyclic) bond motifs is 5. The van der Waals surface area contributed by atoms with Crippen LogP contribution in [0.2, 0.25) is 0 Å². The topological polar surface area (TPSA) is 66.9 Å². The Morgan fingerprint density at radius 3 is 2.45 bits per heavy atom. The number of nitrogens with zero attached hydrogens (tertiary/aromatic N) is 2. The van der Waals surface area contributed by atoms with Gasteiger partial charge in [-0.1, -0.05) is 60.7 Å². The molecule has 2 aromatic carbocycles. The summed E-state index contributed by atoms with van der Waals surface area (Å²) in [6.07, 6.45) is 4.55. The standard InChI is InChI=1S/C25H24N2O4/c1-31-15-7-14-26-24(29)20-19-13-12-16-8-5-6-11-18(16)27(19)22(21(20)25(26)30)23(28)17-9-3-2-4-10-17/h2-6,8-13,19-22H,7,14-15H2,1H3/t19-,20-,21+,22-/m0/s1. The molecule has 2 saturated heterocycles. The first-order chi connectivity index (χ1) is 15.1. The third-order valence-corrected chi connectivity index (χ3v) is 6.56. The van der Waals surface area contributed by atoms with Gasteiger partial charge >= 0.3 is 0 Å². The van der Waals surface area contributed by atoms with Crippen molar-refractivity contribution in [3.8, 4) is 0 Å². The Morgan fingerprint density at radius 1 is 0.968 bits per heavy atom. The molecule has 0 radical (unpaired) electrons. The quantitative estimate of drug-likeness (QED) is 0.412. The van der Waals surface area contributed by atoms with E-state index in [1.165, 1.54) is 4.90 Å². The lowest BCUT2D eigenvalue weighted by Crippen LogP contribution is -2.48. The first-order valence-corrected chi connectivity index (χ1v) is 10.6. The van der Waals surface area contributed by atoms with E-state index >= 15 is 0 Å². The average Bonchev–Trinajstić information content (AvgIpc) is 3.28. The van der Waals surface area contributed by atoms with Crippen molar-refractivity contribution in [3.05, 3.63) is 71.8 Å². The third kappa shape index (κ3) is 3.01. The first-order valence-electron chi connectivity index (χ1n) is 10.6. The predicted octanol–water partition coefficient (Wildman–Crippen LogP) is 2.79. The molecule has 2 fully saturated rings. The number of ether oxygens (including phenoxy) is 1. The summed E-state index contributed by atoms with van der Waals surface area (Å²) in [6, 6.07) is 15.8. The Morgan fingerprint density at radius 2 is 1.68 bits per heavy atom. The van der Waals surface area contributed by atoms with E-state index in [0.29, 0.717) is 25.1 Å². The minimum atomic E-state index is -0.715. The van der Waals surface area contributed by atoms with Gasteiger partial charge in [0.25, 0.3) is 0 Å². The second-order valence-electron chi connectivity index (χ2n) is 8.22. The number of benzene rings is 2. The van der Waals surface area contributed by atoms with Crippen molar-refractivity contribution in [3.63, 3.8) is 0 Å². The summed E-state index contributed by atoms with van der Waals surface area (Å²) < 4.78 is 5.09. The number of imide groups is 1. The zero-order valence-electron chi connectivity index (χ0n) is 17.3. The number of para-hydroxylation sites is 1. The van der Waals surface area contributed by atoms with Gasteiger partial charge in [-0.2, -0.15) is 0 Å². The lowest BCUT2D eigenvalue weighted by molar-refractivity contribution is -0.140. The Labute approximate surface area is 181 Å². The van der Waals surface area contributed by atoms with Gasteiger partial charge in [0.05, 0.1) is 17.9 Å². The summed E-state index contributed by atoms with van der Waals surface area (Å²) in [4.78, 5) is 43.9. The van der Waals surface area contributed by atoms with Crippen LogP contribution in [0.3, 0.4) is 0 Å². The van der Waals surface area contributed by atoms with Crippen molar-refractivity contribution in [1.29, 1.82) is 0 Å². The molecule has 2 aromatic rings.